The molecule has 0 bridgehead atoms. The number of benzene rings is 1. The number of hydrogen-bond donors (Lipinski definition) is 2. The van der Waals surface area contributed by atoms with Crippen LogP contribution >= 0.6 is 11.6 Å². The Hall–Kier alpha value is -3.77. The van der Waals surface area contributed by atoms with E-state index in [-0.39, 0.29) is 41.5 Å². The van der Waals surface area contributed by atoms with Gasteiger partial charge in [-0.3, -0.25) is 0 Å². The van der Waals surface area contributed by atoms with E-state index in [0.717, 1.165) is 4.90 Å². The summed E-state index contributed by atoms with van der Waals surface area (Å²) in [5.41, 5.74) is 0.919. The molecule has 2 heterocycles. The van der Waals surface area contributed by atoms with E-state index in [4.69, 9.17) is 20.8 Å². The van der Waals surface area contributed by atoms with Crippen molar-refractivity contribution in [3.63, 3.8) is 0 Å². The van der Waals surface area contributed by atoms with Crippen molar-refractivity contribution < 1.29 is 23.5 Å². The SMILES string of the molecule is CCNC(=O)N1C(=O)NC(C)=C(C#N)C1c1oc(-c2ccc(Cl)cc2)cc1C(=O)OCC. The first-order valence-electron chi connectivity index (χ1n) is 9.88. The fraction of sp³-hybridized carbons (Fsp3) is 0.273. The number of allylic oxidation sites excluding steroid dienone is 1. The van der Waals surface area contributed by atoms with Gasteiger partial charge in [0.15, 0.2) is 0 Å². The summed E-state index contributed by atoms with van der Waals surface area (Å²) in [6.07, 6.45) is 0. The summed E-state index contributed by atoms with van der Waals surface area (Å²) in [6.45, 7) is 5.23. The summed E-state index contributed by atoms with van der Waals surface area (Å²) in [5, 5.41) is 15.4. The van der Waals surface area contributed by atoms with Crippen LogP contribution in [0.1, 0.15) is 42.9 Å². The number of carbonyl (C=O) groups is 3. The number of urea groups is 2. The molecule has 9 nitrogen and oxygen atoms in total. The molecule has 0 spiro atoms. The summed E-state index contributed by atoms with van der Waals surface area (Å²) in [7, 11) is 0. The number of nitrogens with one attached hydrogen (secondary N) is 2. The number of rotatable bonds is 5. The number of amides is 4. The van der Waals surface area contributed by atoms with Gasteiger partial charge in [-0.05, 0) is 51.1 Å². The van der Waals surface area contributed by atoms with Crippen molar-refractivity contribution in [3.05, 3.63) is 57.9 Å². The zero-order valence-corrected chi connectivity index (χ0v) is 18.4. The molecule has 1 atom stereocenters. The van der Waals surface area contributed by atoms with Crippen LogP contribution in [0.15, 0.2) is 46.0 Å². The van der Waals surface area contributed by atoms with Crippen LogP contribution in [-0.4, -0.2) is 36.1 Å². The van der Waals surface area contributed by atoms with Gasteiger partial charge in [-0.2, -0.15) is 5.26 Å². The molecule has 4 amide bonds. The number of nitriles is 1. The Morgan fingerprint density at radius 3 is 2.59 bits per heavy atom. The molecule has 1 aromatic carbocycles. The summed E-state index contributed by atoms with van der Waals surface area (Å²) in [6, 6.07) is 7.43. The topological polar surface area (TPSA) is 125 Å². The Bertz CT molecular complexity index is 1130. The molecule has 0 aliphatic carbocycles. The van der Waals surface area contributed by atoms with Crippen molar-refractivity contribution in [2.24, 2.45) is 0 Å². The third kappa shape index (κ3) is 4.31. The van der Waals surface area contributed by atoms with Crippen LogP contribution in [-0.2, 0) is 4.74 Å². The largest absolute Gasteiger partial charge is 0.462 e. The van der Waals surface area contributed by atoms with E-state index in [0.29, 0.717) is 10.6 Å². The minimum Gasteiger partial charge on any atom is -0.462 e. The Morgan fingerprint density at radius 1 is 1.31 bits per heavy atom. The van der Waals surface area contributed by atoms with Gasteiger partial charge in [0, 0.05) is 22.8 Å². The van der Waals surface area contributed by atoms with Gasteiger partial charge in [-0.1, -0.05) is 11.6 Å². The second-order valence-electron chi connectivity index (χ2n) is 6.80. The Morgan fingerprint density at radius 2 is 2.00 bits per heavy atom. The molecular weight excluding hydrogens is 436 g/mol. The first-order chi connectivity index (χ1) is 15.3. The van der Waals surface area contributed by atoms with E-state index in [2.05, 4.69) is 10.6 Å². The lowest BCUT2D eigenvalue weighted by molar-refractivity contribution is 0.0520. The lowest BCUT2D eigenvalue weighted by Crippen LogP contribution is -2.53. The minimum absolute atomic E-state index is 0.00588. The molecule has 2 N–H and O–H groups in total. The van der Waals surface area contributed by atoms with Gasteiger partial charge in [-0.25, -0.2) is 19.3 Å². The predicted molar refractivity (Wildman–Crippen MR) is 116 cm³/mol. The van der Waals surface area contributed by atoms with Gasteiger partial charge in [0.2, 0.25) is 0 Å². The highest BCUT2D eigenvalue weighted by Gasteiger charge is 2.43. The Balaban J connectivity index is 2.24. The fourth-order valence-corrected chi connectivity index (χ4v) is 3.44. The van der Waals surface area contributed by atoms with E-state index in [1.165, 1.54) is 13.0 Å². The van der Waals surface area contributed by atoms with Gasteiger partial charge in [0.05, 0.1) is 18.2 Å². The van der Waals surface area contributed by atoms with Gasteiger partial charge in [0.25, 0.3) is 0 Å². The number of esters is 1. The Kier molecular flexibility index (Phi) is 6.85. The van der Waals surface area contributed by atoms with E-state index in [9.17, 15) is 19.6 Å². The standard InChI is InChI=1S/C22H21ClN4O5/c1-4-25-21(29)27-18(16(11-24)12(3)26-22(27)30)19-15(20(28)31-5-2)10-17(32-19)13-6-8-14(23)9-7-13/h6-10,18H,4-5H2,1-3H3,(H,25,29)(H,26,30). The zero-order chi connectivity index (χ0) is 23.4. The van der Waals surface area contributed by atoms with E-state index < -0.39 is 24.1 Å². The molecule has 0 saturated heterocycles. The number of ether oxygens (including phenoxy) is 1. The maximum absolute atomic E-state index is 12.7. The van der Waals surface area contributed by atoms with Crippen LogP contribution in [0, 0.1) is 11.3 Å². The van der Waals surface area contributed by atoms with Crippen molar-refractivity contribution in [3.8, 4) is 17.4 Å². The lowest BCUT2D eigenvalue weighted by Gasteiger charge is -2.33. The third-order valence-electron chi connectivity index (χ3n) is 4.75. The van der Waals surface area contributed by atoms with E-state index in [1.807, 2.05) is 6.07 Å². The number of carbonyl (C=O) groups excluding carboxylic acids is 3. The minimum atomic E-state index is -1.26. The molecule has 1 aromatic heterocycles. The zero-order valence-electron chi connectivity index (χ0n) is 17.7. The van der Waals surface area contributed by atoms with Crippen LogP contribution < -0.4 is 10.6 Å². The second kappa shape index (κ2) is 9.58. The average Bonchev–Trinajstić information content (AvgIpc) is 3.19. The highest BCUT2D eigenvalue weighted by atomic mass is 35.5. The van der Waals surface area contributed by atoms with Crippen LogP contribution in [0.25, 0.3) is 11.3 Å². The molecule has 166 valence electrons. The van der Waals surface area contributed by atoms with Crippen LogP contribution in [0.5, 0.6) is 0 Å². The number of hydrogen-bond acceptors (Lipinski definition) is 6. The average molecular weight is 457 g/mol. The lowest BCUT2D eigenvalue weighted by atomic mass is 9.97. The number of imide groups is 1. The molecule has 1 aliphatic heterocycles. The van der Waals surface area contributed by atoms with Gasteiger partial charge < -0.3 is 19.8 Å². The molecule has 3 rings (SSSR count). The summed E-state index contributed by atoms with van der Waals surface area (Å²) in [4.78, 5) is 39.0. The monoisotopic (exact) mass is 456 g/mol. The molecule has 32 heavy (non-hydrogen) atoms. The molecule has 0 saturated carbocycles. The van der Waals surface area contributed by atoms with Crippen molar-refractivity contribution in [1.82, 2.24) is 15.5 Å². The number of furan rings is 1. The molecule has 1 unspecified atom stereocenters. The quantitative estimate of drug-likeness (QED) is 0.643. The molecular formula is C22H21ClN4O5. The summed E-state index contributed by atoms with van der Waals surface area (Å²) in [5.74, 6) is -0.467. The van der Waals surface area contributed by atoms with E-state index in [1.54, 1.807) is 38.1 Å². The molecule has 0 radical (unpaired) electrons. The van der Waals surface area contributed by atoms with Gasteiger partial charge in [0.1, 0.15) is 23.1 Å². The second-order valence-corrected chi connectivity index (χ2v) is 7.24. The normalized spacial score (nSPS) is 15.8. The molecule has 0 fully saturated rings. The van der Waals surface area contributed by atoms with Crippen molar-refractivity contribution in [1.29, 1.82) is 5.26 Å². The highest BCUT2D eigenvalue weighted by Crippen LogP contribution is 2.39. The van der Waals surface area contributed by atoms with Crippen LogP contribution in [0.3, 0.4) is 0 Å². The Labute approximate surface area is 189 Å². The number of nitrogens with zero attached hydrogens (tertiary/aromatic N) is 2. The van der Waals surface area contributed by atoms with Crippen LogP contribution in [0.2, 0.25) is 5.02 Å². The fourth-order valence-electron chi connectivity index (χ4n) is 3.31. The molecule has 2 aromatic rings. The predicted octanol–water partition coefficient (Wildman–Crippen LogP) is 4.37. The van der Waals surface area contributed by atoms with Crippen molar-refractivity contribution in [2.45, 2.75) is 26.8 Å². The maximum Gasteiger partial charge on any atom is 0.341 e. The smallest absolute Gasteiger partial charge is 0.341 e. The molecule has 1 aliphatic rings. The van der Waals surface area contributed by atoms with Crippen molar-refractivity contribution >= 4 is 29.6 Å². The first-order valence-corrected chi connectivity index (χ1v) is 10.3. The summed E-state index contributed by atoms with van der Waals surface area (Å²) >= 11 is 5.96. The summed E-state index contributed by atoms with van der Waals surface area (Å²) < 4.78 is 11.2. The van der Waals surface area contributed by atoms with Crippen LogP contribution in [0.4, 0.5) is 9.59 Å². The maximum atomic E-state index is 12.7. The van der Waals surface area contributed by atoms with Crippen molar-refractivity contribution in [2.75, 3.05) is 13.2 Å². The number of halogens is 1. The van der Waals surface area contributed by atoms with E-state index >= 15 is 0 Å². The first kappa shape index (κ1) is 22.9. The van der Waals surface area contributed by atoms with Gasteiger partial charge >= 0.3 is 18.0 Å². The van der Waals surface area contributed by atoms with Gasteiger partial charge in [-0.15, -0.1) is 0 Å². The molecule has 10 heteroatoms. The highest BCUT2D eigenvalue weighted by molar-refractivity contribution is 6.30. The third-order valence-corrected chi connectivity index (χ3v) is 5.00.